The number of aromatic nitrogens is 4. The van der Waals surface area contributed by atoms with E-state index in [9.17, 15) is 5.11 Å². The summed E-state index contributed by atoms with van der Waals surface area (Å²) < 4.78 is 0. The monoisotopic (exact) mass is 372 g/mol. The minimum Gasteiger partial charge on any atom is -0.393 e. The van der Waals surface area contributed by atoms with Gasteiger partial charge in [0, 0.05) is 37.0 Å². The van der Waals surface area contributed by atoms with Crippen LogP contribution in [0.25, 0.3) is 11.0 Å². The highest BCUT2D eigenvalue weighted by Gasteiger charge is 2.30. The number of halogens is 1. The Balaban J connectivity index is 1.46. The summed E-state index contributed by atoms with van der Waals surface area (Å²) in [5, 5.41) is 10.2. The average Bonchev–Trinajstić information content (AvgIpc) is 2.98. The molecular weight excluding hydrogens is 352 g/mol. The smallest absolute Gasteiger partial charge is 0.222 e. The number of hydrogen-bond acceptors (Lipinski definition) is 6. The van der Waals surface area contributed by atoms with E-state index < -0.39 is 0 Å². The molecule has 0 saturated heterocycles. The van der Waals surface area contributed by atoms with Crippen LogP contribution in [0, 0.1) is 0 Å². The van der Waals surface area contributed by atoms with Crippen molar-refractivity contribution in [2.24, 2.45) is 0 Å². The van der Waals surface area contributed by atoms with Crippen LogP contribution in [-0.2, 0) is 6.42 Å². The highest BCUT2D eigenvalue weighted by Crippen LogP contribution is 2.36. The maximum atomic E-state index is 9.51. The second kappa shape index (κ2) is 6.74. The number of hydrogen-bond donors (Lipinski definition) is 3. The van der Waals surface area contributed by atoms with Crippen molar-refractivity contribution in [3.05, 3.63) is 40.8 Å². The molecule has 1 aliphatic carbocycles. The van der Waals surface area contributed by atoms with Gasteiger partial charge in [0.15, 0.2) is 0 Å². The summed E-state index contributed by atoms with van der Waals surface area (Å²) in [6.07, 6.45) is 1.99. The predicted octanol–water partition coefficient (Wildman–Crippen LogP) is 2.51. The van der Waals surface area contributed by atoms with Crippen molar-refractivity contribution in [2.45, 2.75) is 31.3 Å². The van der Waals surface area contributed by atoms with E-state index in [0.717, 1.165) is 54.2 Å². The molecule has 3 aromatic rings. The zero-order chi connectivity index (χ0) is 18.3. The number of aromatic amines is 1. The van der Waals surface area contributed by atoms with E-state index in [4.69, 9.17) is 17.3 Å². The molecule has 0 atom stereocenters. The summed E-state index contributed by atoms with van der Waals surface area (Å²) in [5.74, 6) is 2.22. The number of nitrogens with zero attached hydrogens (tertiary/aromatic N) is 4. The summed E-state index contributed by atoms with van der Waals surface area (Å²) in [4.78, 5) is 18.6. The van der Waals surface area contributed by atoms with Gasteiger partial charge in [-0.3, -0.25) is 0 Å². The van der Waals surface area contributed by atoms with Gasteiger partial charge in [-0.05, 0) is 31.0 Å². The SMILES string of the molecule is CN(CCc1nc2ccc(Cl)cc2[nH]1)c1cc(C2CC(O)C2)nc(N)n1. The van der Waals surface area contributed by atoms with E-state index in [1.165, 1.54) is 0 Å². The molecule has 1 saturated carbocycles. The van der Waals surface area contributed by atoms with Crippen LogP contribution in [-0.4, -0.2) is 44.7 Å². The highest BCUT2D eigenvalue weighted by molar-refractivity contribution is 6.31. The summed E-state index contributed by atoms with van der Waals surface area (Å²) in [6.45, 7) is 0.733. The van der Waals surface area contributed by atoms with Crippen molar-refractivity contribution in [3.63, 3.8) is 0 Å². The number of H-pyrrole nitrogens is 1. The average molecular weight is 373 g/mol. The summed E-state index contributed by atoms with van der Waals surface area (Å²) in [7, 11) is 1.97. The lowest BCUT2D eigenvalue weighted by Gasteiger charge is -2.31. The first-order chi connectivity index (χ1) is 12.5. The van der Waals surface area contributed by atoms with Crippen molar-refractivity contribution >= 4 is 34.4 Å². The molecule has 8 heteroatoms. The van der Waals surface area contributed by atoms with Gasteiger partial charge in [0.1, 0.15) is 11.6 Å². The van der Waals surface area contributed by atoms with E-state index in [0.29, 0.717) is 5.02 Å². The third kappa shape index (κ3) is 3.45. The van der Waals surface area contributed by atoms with Crippen LogP contribution in [0.3, 0.4) is 0 Å². The molecule has 1 aliphatic rings. The molecule has 0 aliphatic heterocycles. The fourth-order valence-corrected chi connectivity index (χ4v) is 3.42. The Kier molecular flexibility index (Phi) is 4.42. The maximum Gasteiger partial charge on any atom is 0.222 e. The minimum absolute atomic E-state index is 0.223. The van der Waals surface area contributed by atoms with E-state index in [-0.39, 0.29) is 18.0 Å². The molecule has 4 rings (SSSR count). The van der Waals surface area contributed by atoms with Gasteiger partial charge < -0.3 is 20.7 Å². The van der Waals surface area contributed by atoms with Gasteiger partial charge >= 0.3 is 0 Å². The van der Waals surface area contributed by atoms with Crippen molar-refractivity contribution in [1.29, 1.82) is 0 Å². The molecular formula is C18H21ClN6O. The molecule has 26 heavy (non-hydrogen) atoms. The third-order valence-corrected chi connectivity index (χ3v) is 5.08. The Morgan fingerprint density at radius 1 is 1.27 bits per heavy atom. The Labute approximate surface area is 156 Å². The summed E-state index contributed by atoms with van der Waals surface area (Å²) in [5.41, 5.74) is 8.63. The molecule has 0 spiro atoms. The van der Waals surface area contributed by atoms with Gasteiger partial charge in [-0.1, -0.05) is 11.6 Å². The van der Waals surface area contributed by atoms with Gasteiger partial charge in [0.05, 0.1) is 22.8 Å². The maximum absolute atomic E-state index is 9.51. The molecule has 2 heterocycles. The van der Waals surface area contributed by atoms with E-state index in [1.54, 1.807) is 0 Å². The Morgan fingerprint density at radius 2 is 2.08 bits per heavy atom. The number of rotatable bonds is 5. The van der Waals surface area contributed by atoms with E-state index in [2.05, 4.69) is 19.9 Å². The molecule has 136 valence electrons. The molecule has 1 fully saturated rings. The standard InChI is InChI=1S/C18H21ClN6O/c1-25(5-4-16-21-13-3-2-11(19)8-15(13)22-16)17-9-14(23-18(20)24-17)10-6-12(26)7-10/h2-3,8-10,12,26H,4-7H2,1H3,(H,21,22)(H2,20,23,24). The van der Waals surface area contributed by atoms with Crippen LogP contribution in [0.4, 0.5) is 11.8 Å². The van der Waals surface area contributed by atoms with Crippen molar-refractivity contribution in [1.82, 2.24) is 19.9 Å². The molecule has 0 radical (unpaired) electrons. The van der Waals surface area contributed by atoms with Crippen LogP contribution in [0.1, 0.15) is 30.3 Å². The number of anilines is 2. The topological polar surface area (TPSA) is 104 Å². The molecule has 2 aromatic heterocycles. The Morgan fingerprint density at radius 3 is 2.85 bits per heavy atom. The molecule has 1 aromatic carbocycles. The van der Waals surface area contributed by atoms with Gasteiger partial charge in [-0.15, -0.1) is 0 Å². The second-order valence-corrected chi connectivity index (χ2v) is 7.28. The van der Waals surface area contributed by atoms with Crippen LogP contribution >= 0.6 is 11.6 Å². The van der Waals surface area contributed by atoms with Gasteiger partial charge in [0.25, 0.3) is 0 Å². The lowest BCUT2D eigenvalue weighted by Crippen LogP contribution is -2.28. The van der Waals surface area contributed by atoms with Crippen LogP contribution < -0.4 is 10.6 Å². The number of imidazole rings is 1. The predicted molar refractivity (Wildman–Crippen MR) is 103 cm³/mol. The quantitative estimate of drug-likeness (QED) is 0.635. The first kappa shape index (κ1) is 17.1. The first-order valence-corrected chi connectivity index (χ1v) is 9.03. The molecule has 0 amide bonds. The molecule has 4 N–H and O–H groups in total. The number of nitrogens with two attached hydrogens (primary N) is 1. The summed E-state index contributed by atoms with van der Waals surface area (Å²) in [6, 6.07) is 7.59. The van der Waals surface area contributed by atoms with Gasteiger partial charge in [-0.25, -0.2) is 9.97 Å². The van der Waals surface area contributed by atoms with E-state index in [1.807, 2.05) is 36.2 Å². The molecule has 0 unspecified atom stereocenters. The zero-order valence-corrected chi connectivity index (χ0v) is 15.2. The minimum atomic E-state index is -0.223. The molecule has 7 nitrogen and oxygen atoms in total. The third-order valence-electron chi connectivity index (χ3n) is 4.85. The van der Waals surface area contributed by atoms with E-state index >= 15 is 0 Å². The highest BCUT2D eigenvalue weighted by atomic mass is 35.5. The van der Waals surface area contributed by atoms with Gasteiger partial charge in [0.2, 0.25) is 5.95 Å². The number of likely N-dealkylation sites (N-methyl/N-ethyl adjacent to an activating group) is 1. The molecule has 0 bridgehead atoms. The number of nitrogens with one attached hydrogen (secondary N) is 1. The van der Waals surface area contributed by atoms with Crippen molar-refractivity contribution in [2.75, 3.05) is 24.2 Å². The Hall–Kier alpha value is -2.38. The first-order valence-electron chi connectivity index (χ1n) is 8.66. The van der Waals surface area contributed by atoms with Crippen LogP contribution in [0.2, 0.25) is 5.02 Å². The Bertz CT molecular complexity index is 937. The van der Waals surface area contributed by atoms with Gasteiger partial charge in [-0.2, -0.15) is 4.98 Å². The largest absolute Gasteiger partial charge is 0.393 e. The van der Waals surface area contributed by atoms with Crippen LogP contribution in [0.15, 0.2) is 24.3 Å². The zero-order valence-electron chi connectivity index (χ0n) is 14.5. The lowest BCUT2D eigenvalue weighted by atomic mass is 9.80. The number of aliphatic hydroxyl groups excluding tert-OH is 1. The fourth-order valence-electron chi connectivity index (χ4n) is 3.25. The summed E-state index contributed by atoms with van der Waals surface area (Å²) >= 11 is 6.02. The number of benzene rings is 1. The number of fused-ring (bicyclic) bond motifs is 1. The van der Waals surface area contributed by atoms with Crippen LogP contribution in [0.5, 0.6) is 0 Å². The second-order valence-electron chi connectivity index (χ2n) is 6.85. The number of nitrogen functional groups attached to an aromatic ring is 1. The number of aliphatic hydroxyl groups is 1. The normalized spacial score (nSPS) is 19.5. The van der Waals surface area contributed by atoms with Crippen molar-refractivity contribution in [3.8, 4) is 0 Å². The lowest BCUT2D eigenvalue weighted by molar-refractivity contribution is 0.0732. The fraction of sp³-hybridized carbons (Fsp3) is 0.389. The van der Waals surface area contributed by atoms with Crippen molar-refractivity contribution < 1.29 is 5.11 Å².